The molecule has 0 aliphatic rings. The third-order valence-corrected chi connectivity index (χ3v) is 4.54. The minimum Gasteiger partial charge on any atom is -0.374 e. The van der Waals surface area contributed by atoms with Crippen LogP contribution in [0.25, 0.3) is 0 Å². The van der Waals surface area contributed by atoms with Crippen LogP contribution in [-0.2, 0) is 31.0 Å². The fourth-order valence-electron chi connectivity index (χ4n) is 2.28. The second-order valence-electron chi connectivity index (χ2n) is 6.90. The van der Waals surface area contributed by atoms with Crippen LogP contribution in [0, 0.1) is 0 Å². The number of methoxy groups -OCH3 is 3. The van der Waals surface area contributed by atoms with Crippen LogP contribution in [0.2, 0.25) is 0 Å². The van der Waals surface area contributed by atoms with E-state index in [0.29, 0.717) is 0 Å². The average Bonchev–Trinajstić information content (AvgIpc) is 2.46. The molecular formula is C18H30O3. The van der Waals surface area contributed by atoms with Crippen LogP contribution in [0.4, 0.5) is 0 Å². The van der Waals surface area contributed by atoms with Gasteiger partial charge in [0.15, 0.2) is 0 Å². The lowest BCUT2D eigenvalue weighted by Gasteiger charge is -2.35. The van der Waals surface area contributed by atoms with Crippen molar-refractivity contribution in [1.29, 1.82) is 0 Å². The molecule has 0 spiro atoms. The Bertz CT molecular complexity index is 487. The molecule has 1 aromatic rings. The van der Waals surface area contributed by atoms with Gasteiger partial charge in [-0.2, -0.15) is 0 Å². The summed E-state index contributed by atoms with van der Waals surface area (Å²) in [4.78, 5) is 0. The summed E-state index contributed by atoms with van der Waals surface area (Å²) in [5.41, 5.74) is 2.27. The highest BCUT2D eigenvalue weighted by Gasteiger charge is 2.32. The summed E-state index contributed by atoms with van der Waals surface area (Å²) in [7, 11) is 5.20. The maximum absolute atomic E-state index is 5.71. The van der Waals surface area contributed by atoms with Gasteiger partial charge in [0, 0.05) is 21.3 Å². The van der Waals surface area contributed by atoms with Gasteiger partial charge in [-0.05, 0) is 64.3 Å². The molecule has 0 aliphatic carbocycles. The van der Waals surface area contributed by atoms with Crippen LogP contribution in [0.5, 0.6) is 0 Å². The summed E-state index contributed by atoms with van der Waals surface area (Å²) < 4.78 is 17.0. The third kappa shape index (κ3) is 3.65. The van der Waals surface area contributed by atoms with Gasteiger partial charge in [0.2, 0.25) is 0 Å². The molecule has 3 heteroatoms. The molecule has 0 N–H and O–H groups in total. The lowest BCUT2D eigenvalue weighted by Crippen LogP contribution is -2.30. The first-order valence-corrected chi connectivity index (χ1v) is 7.33. The van der Waals surface area contributed by atoms with E-state index in [-0.39, 0.29) is 11.2 Å². The first-order valence-electron chi connectivity index (χ1n) is 7.33. The van der Waals surface area contributed by atoms with E-state index in [1.165, 1.54) is 0 Å². The molecule has 0 aliphatic heterocycles. The van der Waals surface area contributed by atoms with E-state index < -0.39 is 5.60 Å². The van der Waals surface area contributed by atoms with Crippen molar-refractivity contribution in [1.82, 2.24) is 0 Å². The van der Waals surface area contributed by atoms with E-state index in [1.54, 1.807) is 21.3 Å². The van der Waals surface area contributed by atoms with Gasteiger partial charge in [-0.3, -0.25) is 0 Å². The monoisotopic (exact) mass is 294 g/mol. The van der Waals surface area contributed by atoms with Crippen molar-refractivity contribution < 1.29 is 14.2 Å². The third-order valence-electron chi connectivity index (χ3n) is 4.54. The van der Waals surface area contributed by atoms with Gasteiger partial charge in [-0.15, -0.1) is 0 Å². The van der Waals surface area contributed by atoms with Gasteiger partial charge in [0.25, 0.3) is 0 Å². The highest BCUT2D eigenvalue weighted by Crippen LogP contribution is 2.38. The summed E-state index contributed by atoms with van der Waals surface area (Å²) in [5, 5.41) is 0. The fraction of sp³-hybridized carbons (Fsp3) is 0.667. The molecule has 0 saturated heterocycles. The zero-order valence-electron chi connectivity index (χ0n) is 15.0. The topological polar surface area (TPSA) is 27.7 Å². The molecule has 0 amide bonds. The van der Waals surface area contributed by atoms with Crippen molar-refractivity contribution in [3.05, 3.63) is 34.9 Å². The van der Waals surface area contributed by atoms with Gasteiger partial charge < -0.3 is 14.2 Å². The van der Waals surface area contributed by atoms with Crippen molar-refractivity contribution in [2.45, 2.75) is 58.3 Å². The van der Waals surface area contributed by atoms with Crippen molar-refractivity contribution >= 4 is 0 Å². The first kappa shape index (κ1) is 18.1. The van der Waals surface area contributed by atoms with Crippen LogP contribution in [0.15, 0.2) is 18.2 Å². The molecule has 0 aromatic heterocycles. The van der Waals surface area contributed by atoms with Crippen molar-refractivity contribution in [3.63, 3.8) is 0 Å². The molecule has 0 unspecified atom stereocenters. The molecule has 0 heterocycles. The maximum Gasteiger partial charge on any atom is 0.0875 e. The van der Waals surface area contributed by atoms with Crippen LogP contribution < -0.4 is 0 Å². The number of rotatable bonds is 6. The van der Waals surface area contributed by atoms with Gasteiger partial charge in [0.05, 0.1) is 16.8 Å². The summed E-state index contributed by atoms with van der Waals surface area (Å²) in [6.07, 6.45) is 0. The van der Waals surface area contributed by atoms with Gasteiger partial charge in [0.1, 0.15) is 0 Å². The van der Waals surface area contributed by atoms with Crippen molar-refractivity contribution in [2.75, 3.05) is 21.3 Å². The summed E-state index contributed by atoms with van der Waals surface area (Å²) >= 11 is 0. The van der Waals surface area contributed by atoms with Crippen LogP contribution >= 0.6 is 0 Å². The maximum atomic E-state index is 5.71. The Morgan fingerprint density at radius 3 is 1.48 bits per heavy atom. The Morgan fingerprint density at radius 1 is 0.619 bits per heavy atom. The standard InChI is InChI=1S/C18H30O3/c1-16(2,19-7)13-10-11-14(17(3,4)20-8)15(12-13)18(5,6)21-9/h10-12H,1-9H3. The van der Waals surface area contributed by atoms with Gasteiger partial charge in [-0.25, -0.2) is 0 Å². The van der Waals surface area contributed by atoms with Crippen LogP contribution in [-0.4, -0.2) is 21.3 Å². The van der Waals surface area contributed by atoms with E-state index in [4.69, 9.17) is 14.2 Å². The molecule has 3 nitrogen and oxygen atoms in total. The van der Waals surface area contributed by atoms with E-state index in [9.17, 15) is 0 Å². The highest BCUT2D eigenvalue weighted by molar-refractivity contribution is 5.41. The average molecular weight is 294 g/mol. The molecule has 0 fully saturated rings. The lowest BCUT2D eigenvalue weighted by molar-refractivity contribution is -0.00417. The summed E-state index contributed by atoms with van der Waals surface area (Å²) in [5.74, 6) is 0. The van der Waals surface area contributed by atoms with Crippen LogP contribution in [0.3, 0.4) is 0 Å². The Hall–Kier alpha value is -0.900. The van der Waals surface area contributed by atoms with Crippen molar-refractivity contribution in [2.24, 2.45) is 0 Å². The molecule has 1 rings (SSSR count). The van der Waals surface area contributed by atoms with Gasteiger partial charge in [-0.1, -0.05) is 12.1 Å². The lowest BCUT2D eigenvalue weighted by atomic mass is 9.82. The molecule has 21 heavy (non-hydrogen) atoms. The quantitative estimate of drug-likeness (QED) is 0.781. The molecule has 0 bridgehead atoms. The first-order chi connectivity index (χ1) is 9.51. The Labute approximate surface area is 129 Å². The summed E-state index contributed by atoms with van der Waals surface area (Å²) in [6.45, 7) is 12.4. The normalized spacial score (nSPS) is 13.6. The number of ether oxygens (including phenoxy) is 3. The number of benzene rings is 1. The highest BCUT2D eigenvalue weighted by atomic mass is 16.5. The Kier molecular flexibility index (Phi) is 5.25. The molecule has 0 saturated carbocycles. The Balaban J connectivity index is 3.56. The molecule has 120 valence electrons. The van der Waals surface area contributed by atoms with E-state index >= 15 is 0 Å². The second kappa shape index (κ2) is 6.07. The molecule has 0 atom stereocenters. The number of hydrogen-bond donors (Lipinski definition) is 0. The SMILES string of the molecule is COC(C)(C)c1ccc(C(C)(C)OC)c(C(C)(C)OC)c1. The van der Waals surface area contributed by atoms with E-state index in [2.05, 4.69) is 59.7 Å². The molecule has 1 aromatic carbocycles. The number of hydrogen-bond acceptors (Lipinski definition) is 3. The van der Waals surface area contributed by atoms with E-state index in [1.807, 2.05) is 0 Å². The van der Waals surface area contributed by atoms with Crippen molar-refractivity contribution in [3.8, 4) is 0 Å². The largest absolute Gasteiger partial charge is 0.374 e. The molecular weight excluding hydrogens is 264 g/mol. The van der Waals surface area contributed by atoms with Crippen LogP contribution in [0.1, 0.15) is 58.2 Å². The zero-order chi connectivity index (χ0) is 16.5. The predicted octanol–water partition coefficient (Wildman–Crippen LogP) is 4.33. The minimum absolute atomic E-state index is 0.339. The zero-order valence-corrected chi connectivity index (χ0v) is 15.0. The second-order valence-corrected chi connectivity index (χ2v) is 6.90. The fourth-order valence-corrected chi connectivity index (χ4v) is 2.28. The molecule has 0 radical (unpaired) electrons. The predicted molar refractivity (Wildman–Crippen MR) is 86.5 cm³/mol. The van der Waals surface area contributed by atoms with E-state index in [0.717, 1.165) is 16.7 Å². The Morgan fingerprint density at radius 2 is 1.05 bits per heavy atom. The minimum atomic E-state index is -0.398. The summed E-state index contributed by atoms with van der Waals surface area (Å²) in [6, 6.07) is 6.40. The smallest absolute Gasteiger partial charge is 0.0875 e. The van der Waals surface area contributed by atoms with Gasteiger partial charge >= 0.3 is 0 Å².